The van der Waals surface area contributed by atoms with Gasteiger partial charge >= 0.3 is 11.9 Å². The van der Waals surface area contributed by atoms with Gasteiger partial charge < -0.3 is 9.47 Å². The van der Waals surface area contributed by atoms with Gasteiger partial charge in [-0.15, -0.1) is 0 Å². The van der Waals surface area contributed by atoms with Gasteiger partial charge in [-0.05, 0) is 6.42 Å². The summed E-state index contributed by atoms with van der Waals surface area (Å²) >= 11 is 0. The molecule has 0 aromatic heterocycles. The highest BCUT2D eigenvalue weighted by Crippen LogP contribution is 1.85. The Bertz CT molecular complexity index is 221. The molecule has 0 fully saturated rings. The van der Waals surface area contributed by atoms with E-state index < -0.39 is 11.9 Å². The normalized spacial score (nSPS) is 7.83. The van der Waals surface area contributed by atoms with Crippen LogP contribution in [0.4, 0.5) is 0 Å². The molecule has 0 bridgehead atoms. The largest absolute Gasteiger partial charge is 0.457 e. The summed E-state index contributed by atoms with van der Waals surface area (Å²) in [5.41, 5.74) is 0. The zero-order valence-corrected chi connectivity index (χ0v) is 7.05. The van der Waals surface area contributed by atoms with Crippen molar-refractivity contribution in [1.82, 2.24) is 0 Å². The summed E-state index contributed by atoms with van der Waals surface area (Å²) in [6.45, 7) is 3.53. The summed E-state index contributed by atoms with van der Waals surface area (Å²) in [5.74, 6) is 0.237. The first kappa shape index (κ1) is 10.5. The fraction of sp³-hybridized carbons (Fsp3) is 0.500. The Hall–Kier alpha value is -1.50. The van der Waals surface area contributed by atoms with Gasteiger partial charge in [0.2, 0.25) is 0 Å². The second-order valence-electron chi connectivity index (χ2n) is 1.88. The SMILES string of the molecule is CC#COC(=O)C(=O)OCCC. The molecule has 0 atom stereocenters. The van der Waals surface area contributed by atoms with E-state index in [-0.39, 0.29) is 6.61 Å². The molecule has 0 rings (SSSR count). The lowest BCUT2D eigenvalue weighted by molar-refractivity contribution is -0.163. The van der Waals surface area contributed by atoms with E-state index in [1.807, 2.05) is 13.0 Å². The Kier molecular flexibility index (Phi) is 5.45. The monoisotopic (exact) mass is 170 g/mol. The van der Waals surface area contributed by atoms with Gasteiger partial charge in [0.1, 0.15) is 6.11 Å². The third-order valence-electron chi connectivity index (χ3n) is 0.850. The summed E-state index contributed by atoms with van der Waals surface area (Å²) < 4.78 is 8.64. The molecule has 0 spiro atoms. The molecule has 0 saturated carbocycles. The summed E-state index contributed by atoms with van der Waals surface area (Å²) in [4.78, 5) is 21.3. The summed E-state index contributed by atoms with van der Waals surface area (Å²) in [7, 11) is 0. The molecule has 66 valence electrons. The molecule has 0 radical (unpaired) electrons. The zero-order valence-electron chi connectivity index (χ0n) is 7.05. The number of esters is 2. The molecule has 12 heavy (non-hydrogen) atoms. The van der Waals surface area contributed by atoms with Crippen LogP contribution in [0.3, 0.4) is 0 Å². The lowest BCUT2D eigenvalue weighted by Crippen LogP contribution is -2.18. The molecular weight excluding hydrogens is 160 g/mol. The molecular formula is C8H10O4. The van der Waals surface area contributed by atoms with Crippen molar-refractivity contribution in [3.05, 3.63) is 0 Å². The van der Waals surface area contributed by atoms with E-state index in [2.05, 4.69) is 15.4 Å². The number of ether oxygens (including phenoxy) is 2. The van der Waals surface area contributed by atoms with Crippen molar-refractivity contribution in [3.8, 4) is 12.0 Å². The minimum absolute atomic E-state index is 0.216. The molecule has 0 aromatic rings. The Morgan fingerprint density at radius 2 is 2.00 bits per heavy atom. The van der Waals surface area contributed by atoms with Crippen molar-refractivity contribution < 1.29 is 19.1 Å². The Balaban J connectivity index is 3.75. The quantitative estimate of drug-likeness (QED) is 0.343. The summed E-state index contributed by atoms with van der Waals surface area (Å²) in [6.07, 6.45) is 2.67. The standard InChI is InChI=1S/C8H10O4/c1-3-5-11-7(9)8(10)12-6-4-2/h3,5H2,1-2H3. The molecule has 0 saturated heterocycles. The van der Waals surface area contributed by atoms with Crippen molar-refractivity contribution >= 4 is 11.9 Å². The average Bonchev–Trinajstić information content (AvgIpc) is 2.10. The summed E-state index contributed by atoms with van der Waals surface area (Å²) in [5, 5.41) is 0. The van der Waals surface area contributed by atoms with Gasteiger partial charge in [-0.1, -0.05) is 12.8 Å². The predicted octanol–water partition coefficient (Wildman–Crippen LogP) is 0.464. The van der Waals surface area contributed by atoms with E-state index in [1.54, 1.807) is 0 Å². The van der Waals surface area contributed by atoms with Crippen LogP contribution in [0, 0.1) is 12.0 Å². The minimum atomic E-state index is -1.07. The van der Waals surface area contributed by atoms with Crippen molar-refractivity contribution in [1.29, 1.82) is 0 Å². The third kappa shape index (κ3) is 4.34. The van der Waals surface area contributed by atoms with Gasteiger partial charge in [0, 0.05) is 6.92 Å². The fourth-order valence-corrected chi connectivity index (χ4v) is 0.393. The van der Waals surface area contributed by atoms with Crippen LogP contribution < -0.4 is 0 Å². The molecule has 0 aromatic carbocycles. The Morgan fingerprint density at radius 1 is 1.33 bits per heavy atom. The third-order valence-corrected chi connectivity index (χ3v) is 0.850. The van der Waals surface area contributed by atoms with Gasteiger partial charge in [-0.2, -0.15) is 0 Å². The molecule has 4 heteroatoms. The average molecular weight is 170 g/mol. The van der Waals surface area contributed by atoms with E-state index >= 15 is 0 Å². The van der Waals surface area contributed by atoms with E-state index in [0.29, 0.717) is 6.42 Å². The maximum absolute atomic E-state index is 10.6. The van der Waals surface area contributed by atoms with Crippen LogP contribution in [0.5, 0.6) is 0 Å². The smallest absolute Gasteiger partial charge is 0.431 e. The number of carbonyl (C=O) groups is 2. The topological polar surface area (TPSA) is 52.6 Å². The molecule has 0 heterocycles. The zero-order chi connectivity index (χ0) is 9.40. The minimum Gasteiger partial charge on any atom is -0.457 e. The highest BCUT2D eigenvalue weighted by Gasteiger charge is 2.15. The second-order valence-corrected chi connectivity index (χ2v) is 1.88. The maximum Gasteiger partial charge on any atom is 0.431 e. The Labute approximate surface area is 70.8 Å². The number of rotatable bonds is 2. The van der Waals surface area contributed by atoms with Crippen LogP contribution in [0.25, 0.3) is 0 Å². The first-order valence-electron chi connectivity index (χ1n) is 3.52. The van der Waals surface area contributed by atoms with E-state index in [9.17, 15) is 9.59 Å². The van der Waals surface area contributed by atoms with E-state index in [4.69, 9.17) is 0 Å². The summed E-state index contributed by atoms with van der Waals surface area (Å²) in [6, 6.07) is 0. The number of carbonyl (C=O) groups excluding carboxylic acids is 2. The van der Waals surface area contributed by atoms with Crippen LogP contribution in [0.2, 0.25) is 0 Å². The highest BCUT2D eigenvalue weighted by atomic mass is 16.6. The molecule has 4 nitrogen and oxygen atoms in total. The van der Waals surface area contributed by atoms with Crippen molar-refractivity contribution in [2.45, 2.75) is 20.3 Å². The number of hydrogen-bond donors (Lipinski definition) is 0. The molecule has 0 aliphatic carbocycles. The van der Waals surface area contributed by atoms with Crippen LogP contribution >= 0.6 is 0 Å². The number of hydrogen-bond acceptors (Lipinski definition) is 4. The maximum atomic E-state index is 10.6. The van der Waals surface area contributed by atoms with Crippen LogP contribution in [0.1, 0.15) is 20.3 Å². The van der Waals surface area contributed by atoms with Gasteiger partial charge in [-0.3, -0.25) is 0 Å². The van der Waals surface area contributed by atoms with Gasteiger partial charge in [-0.25, -0.2) is 9.59 Å². The van der Waals surface area contributed by atoms with Gasteiger partial charge in [0.15, 0.2) is 0 Å². The second kappa shape index (κ2) is 6.23. The predicted molar refractivity (Wildman–Crippen MR) is 40.8 cm³/mol. The molecule has 0 unspecified atom stereocenters. The van der Waals surface area contributed by atoms with Gasteiger partial charge in [0.25, 0.3) is 0 Å². The van der Waals surface area contributed by atoms with Crippen LogP contribution in [-0.4, -0.2) is 18.5 Å². The molecule has 0 aliphatic rings. The van der Waals surface area contributed by atoms with Crippen LogP contribution in [-0.2, 0) is 19.1 Å². The van der Waals surface area contributed by atoms with Crippen LogP contribution in [0.15, 0.2) is 0 Å². The molecule has 0 aliphatic heterocycles. The fourth-order valence-electron chi connectivity index (χ4n) is 0.393. The lowest BCUT2D eigenvalue weighted by atomic mass is 10.5. The van der Waals surface area contributed by atoms with E-state index in [0.717, 1.165) is 0 Å². The Morgan fingerprint density at radius 3 is 2.50 bits per heavy atom. The van der Waals surface area contributed by atoms with Crippen molar-refractivity contribution in [2.75, 3.05) is 6.61 Å². The molecule has 0 N–H and O–H groups in total. The van der Waals surface area contributed by atoms with Gasteiger partial charge in [0.05, 0.1) is 6.61 Å². The first-order chi connectivity index (χ1) is 5.72. The lowest BCUT2D eigenvalue weighted by Gasteiger charge is -1.98. The first-order valence-corrected chi connectivity index (χ1v) is 3.52. The van der Waals surface area contributed by atoms with E-state index in [1.165, 1.54) is 6.92 Å². The highest BCUT2D eigenvalue weighted by molar-refractivity contribution is 6.29. The van der Waals surface area contributed by atoms with Crippen molar-refractivity contribution in [2.24, 2.45) is 0 Å². The molecule has 0 amide bonds. The van der Waals surface area contributed by atoms with Crippen molar-refractivity contribution in [3.63, 3.8) is 0 Å².